The maximum absolute atomic E-state index is 12.5. The molecule has 0 amide bonds. The molecule has 1 aromatic heterocycles. The van der Waals surface area contributed by atoms with E-state index < -0.39 is 11.5 Å². The summed E-state index contributed by atoms with van der Waals surface area (Å²) in [5.41, 5.74) is 2.46. The smallest absolute Gasteiger partial charge is 0.310 e. The van der Waals surface area contributed by atoms with Crippen molar-refractivity contribution in [1.82, 2.24) is 9.55 Å². The molecule has 0 saturated carbocycles. The lowest BCUT2D eigenvalue weighted by atomic mass is 10.2. The fourth-order valence-electron chi connectivity index (χ4n) is 2.89. The minimum atomic E-state index is -0.468. The standard InChI is InChI=1S/C22H22ClN3O3.C2H6/c1-3-29-20(27)12-17-14-26(13-16-8-5-4-6-9-16)22(25-21(17)28)24-19-11-7-10-18(23)15(19)2;1-2/h4-11,14H,3,12-13H2,1-2H3,(H,24,25,28);1-2H3. The summed E-state index contributed by atoms with van der Waals surface area (Å²) in [6.45, 7) is 8.35. The number of carbonyl (C=O) groups is 1. The number of nitrogens with one attached hydrogen (secondary N) is 1. The van der Waals surface area contributed by atoms with E-state index in [1.807, 2.05) is 67.8 Å². The number of carbonyl (C=O) groups excluding carboxylic acids is 1. The average molecular weight is 442 g/mol. The van der Waals surface area contributed by atoms with Gasteiger partial charge in [-0.15, -0.1) is 0 Å². The molecule has 0 bridgehead atoms. The number of rotatable bonds is 7. The highest BCUT2D eigenvalue weighted by Gasteiger charge is 2.14. The number of hydrogen-bond acceptors (Lipinski definition) is 5. The average Bonchev–Trinajstić information content (AvgIpc) is 2.77. The van der Waals surface area contributed by atoms with Gasteiger partial charge in [-0.1, -0.05) is 61.8 Å². The molecule has 164 valence electrons. The minimum Gasteiger partial charge on any atom is -0.466 e. The van der Waals surface area contributed by atoms with Gasteiger partial charge in [0.15, 0.2) is 0 Å². The molecule has 2 aromatic carbocycles. The van der Waals surface area contributed by atoms with Crippen molar-refractivity contribution in [2.75, 3.05) is 11.9 Å². The van der Waals surface area contributed by atoms with Crippen molar-refractivity contribution in [3.05, 3.63) is 86.8 Å². The van der Waals surface area contributed by atoms with Crippen LogP contribution in [-0.4, -0.2) is 22.1 Å². The van der Waals surface area contributed by atoms with Crippen LogP contribution in [0.1, 0.15) is 37.5 Å². The Bertz CT molecular complexity index is 1070. The molecule has 7 heteroatoms. The van der Waals surface area contributed by atoms with Crippen molar-refractivity contribution in [3.8, 4) is 0 Å². The first-order valence-corrected chi connectivity index (χ1v) is 10.7. The zero-order chi connectivity index (χ0) is 22.8. The van der Waals surface area contributed by atoms with Crippen molar-refractivity contribution in [3.63, 3.8) is 0 Å². The molecule has 0 aliphatic carbocycles. The lowest BCUT2D eigenvalue weighted by molar-refractivity contribution is -0.142. The van der Waals surface area contributed by atoms with Crippen molar-refractivity contribution in [1.29, 1.82) is 0 Å². The van der Waals surface area contributed by atoms with Crippen LogP contribution in [0.4, 0.5) is 11.6 Å². The Morgan fingerprint density at radius 3 is 2.52 bits per heavy atom. The van der Waals surface area contributed by atoms with Gasteiger partial charge in [0.2, 0.25) is 5.95 Å². The fourth-order valence-corrected chi connectivity index (χ4v) is 3.06. The zero-order valence-corrected chi connectivity index (χ0v) is 19.1. The first-order valence-electron chi connectivity index (χ1n) is 10.3. The van der Waals surface area contributed by atoms with Crippen LogP contribution in [0.3, 0.4) is 0 Å². The minimum absolute atomic E-state index is 0.120. The number of ether oxygens (including phenoxy) is 1. The van der Waals surface area contributed by atoms with Crippen LogP contribution in [0.5, 0.6) is 0 Å². The third-order valence-electron chi connectivity index (χ3n) is 4.42. The van der Waals surface area contributed by atoms with Crippen molar-refractivity contribution < 1.29 is 9.53 Å². The van der Waals surface area contributed by atoms with E-state index in [9.17, 15) is 9.59 Å². The van der Waals surface area contributed by atoms with E-state index in [1.54, 1.807) is 19.2 Å². The number of hydrogen-bond donors (Lipinski definition) is 1. The highest BCUT2D eigenvalue weighted by Crippen LogP contribution is 2.25. The van der Waals surface area contributed by atoms with Crippen LogP contribution >= 0.6 is 11.6 Å². The molecule has 0 atom stereocenters. The zero-order valence-electron chi connectivity index (χ0n) is 18.3. The predicted molar refractivity (Wildman–Crippen MR) is 125 cm³/mol. The number of benzene rings is 2. The molecule has 0 saturated heterocycles. The summed E-state index contributed by atoms with van der Waals surface area (Å²) in [5.74, 6) is -0.0825. The molecule has 6 nitrogen and oxygen atoms in total. The highest BCUT2D eigenvalue weighted by molar-refractivity contribution is 6.31. The number of nitrogens with zero attached hydrogens (tertiary/aromatic N) is 2. The molecule has 0 unspecified atom stereocenters. The fraction of sp³-hybridized carbons (Fsp3) is 0.292. The van der Waals surface area contributed by atoms with Gasteiger partial charge in [-0.05, 0) is 37.1 Å². The second-order valence-electron chi connectivity index (χ2n) is 6.53. The predicted octanol–water partition coefficient (Wildman–Crippen LogP) is 5.13. The summed E-state index contributed by atoms with van der Waals surface area (Å²) in [6.07, 6.45) is 1.53. The molecule has 1 heterocycles. The van der Waals surface area contributed by atoms with Gasteiger partial charge in [-0.25, -0.2) is 0 Å². The summed E-state index contributed by atoms with van der Waals surface area (Å²) in [6, 6.07) is 15.3. The molecule has 0 aliphatic rings. The molecule has 0 spiro atoms. The van der Waals surface area contributed by atoms with Crippen LogP contribution in [0.15, 0.2) is 59.5 Å². The molecule has 3 rings (SSSR count). The summed E-state index contributed by atoms with van der Waals surface area (Å²) >= 11 is 6.21. The Hall–Kier alpha value is -3.12. The van der Waals surface area contributed by atoms with E-state index in [1.165, 1.54) is 0 Å². The van der Waals surface area contributed by atoms with Gasteiger partial charge in [0, 0.05) is 22.5 Å². The summed E-state index contributed by atoms with van der Waals surface area (Å²) in [4.78, 5) is 28.6. The maximum atomic E-state index is 12.5. The number of anilines is 2. The Morgan fingerprint density at radius 2 is 1.84 bits per heavy atom. The van der Waals surface area contributed by atoms with Crippen LogP contribution < -0.4 is 10.9 Å². The van der Waals surface area contributed by atoms with E-state index >= 15 is 0 Å². The summed E-state index contributed by atoms with van der Waals surface area (Å²) in [7, 11) is 0. The van der Waals surface area contributed by atoms with Crippen molar-refractivity contribution >= 4 is 29.2 Å². The van der Waals surface area contributed by atoms with Gasteiger partial charge in [0.25, 0.3) is 5.56 Å². The summed E-state index contributed by atoms with van der Waals surface area (Å²) < 4.78 is 6.78. The molecule has 0 aliphatic heterocycles. The van der Waals surface area contributed by atoms with E-state index in [2.05, 4.69) is 10.3 Å². The monoisotopic (exact) mass is 441 g/mol. The van der Waals surface area contributed by atoms with Crippen molar-refractivity contribution in [2.45, 2.75) is 40.7 Å². The highest BCUT2D eigenvalue weighted by atomic mass is 35.5. The second-order valence-corrected chi connectivity index (χ2v) is 6.93. The topological polar surface area (TPSA) is 73.2 Å². The first-order chi connectivity index (χ1) is 15.0. The Kier molecular flexibility index (Phi) is 9.28. The third kappa shape index (κ3) is 6.69. The van der Waals surface area contributed by atoms with E-state index in [4.69, 9.17) is 16.3 Å². The molecule has 0 fully saturated rings. The molecular weight excluding hydrogens is 414 g/mol. The quantitative estimate of drug-likeness (QED) is 0.514. The molecular formula is C24H28ClN3O3. The van der Waals surface area contributed by atoms with Crippen molar-refractivity contribution in [2.24, 2.45) is 0 Å². The lowest BCUT2D eigenvalue weighted by Crippen LogP contribution is -2.23. The normalized spacial score (nSPS) is 10.1. The van der Waals surface area contributed by atoms with Gasteiger partial charge in [0.05, 0.1) is 19.6 Å². The van der Waals surface area contributed by atoms with Crippen LogP contribution in [0.25, 0.3) is 0 Å². The SMILES string of the molecule is CC.CCOC(=O)Cc1cn(Cc2ccccc2)c(Nc2cccc(Cl)c2C)nc1=O. The molecule has 3 aromatic rings. The number of esters is 1. The number of halogens is 1. The number of aromatic nitrogens is 2. The van der Waals surface area contributed by atoms with E-state index in [-0.39, 0.29) is 18.6 Å². The Morgan fingerprint density at radius 1 is 1.13 bits per heavy atom. The van der Waals surface area contributed by atoms with Gasteiger partial charge >= 0.3 is 5.97 Å². The van der Waals surface area contributed by atoms with E-state index in [0.29, 0.717) is 17.5 Å². The van der Waals surface area contributed by atoms with Crippen LogP contribution in [0, 0.1) is 6.92 Å². The van der Waals surface area contributed by atoms with Crippen LogP contribution in [-0.2, 0) is 22.5 Å². The second kappa shape index (κ2) is 11.9. The molecule has 0 radical (unpaired) electrons. The lowest BCUT2D eigenvalue weighted by Gasteiger charge is -2.17. The van der Waals surface area contributed by atoms with Crippen LogP contribution in [0.2, 0.25) is 5.02 Å². The Balaban J connectivity index is 0.00000166. The van der Waals surface area contributed by atoms with Gasteiger partial charge < -0.3 is 14.6 Å². The molecule has 31 heavy (non-hydrogen) atoms. The van der Waals surface area contributed by atoms with Gasteiger partial charge in [-0.3, -0.25) is 9.59 Å². The molecule has 1 N–H and O–H groups in total. The maximum Gasteiger partial charge on any atom is 0.310 e. The van der Waals surface area contributed by atoms with Gasteiger partial charge in [-0.2, -0.15) is 4.98 Å². The third-order valence-corrected chi connectivity index (χ3v) is 4.83. The largest absolute Gasteiger partial charge is 0.466 e. The first kappa shape index (κ1) is 24.2. The Labute approximate surface area is 187 Å². The van der Waals surface area contributed by atoms with Gasteiger partial charge in [0.1, 0.15) is 0 Å². The van der Waals surface area contributed by atoms with E-state index in [0.717, 1.165) is 16.8 Å². The summed E-state index contributed by atoms with van der Waals surface area (Å²) in [5, 5.41) is 3.82.